The SMILES string of the molecule is CC(C)(C)OC(=O)NCCCC(=O)OCc1nc(-c2ccccc2)no1. The summed E-state index contributed by atoms with van der Waals surface area (Å²) in [5.74, 6) is 0.262. The Balaban J connectivity index is 1.65. The molecule has 0 aliphatic rings. The first-order valence-electron chi connectivity index (χ1n) is 8.34. The molecular weight excluding hydrogens is 338 g/mol. The molecule has 1 aromatic heterocycles. The molecule has 8 nitrogen and oxygen atoms in total. The number of benzene rings is 1. The minimum atomic E-state index is -0.550. The molecule has 8 heteroatoms. The first kappa shape index (κ1) is 19.4. The Morgan fingerprint density at radius 1 is 1.19 bits per heavy atom. The van der Waals surface area contributed by atoms with Crippen LogP contribution in [0.1, 0.15) is 39.5 Å². The summed E-state index contributed by atoms with van der Waals surface area (Å²) in [6.07, 6.45) is 0.0947. The molecule has 0 atom stereocenters. The topological polar surface area (TPSA) is 104 Å². The maximum atomic E-state index is 11.7. The molecule has 1 aromatic carbocycles. The maximum absolute atomic E-state index is 11.7. The maximum Gasteiger partial charge on any atom is 0.407 e. The highest BCUT2D eigenvalue weighted by Crippen LogP contribution is 2.15. The number of carbonyl (C=O) groups is 2. The average molecular weight is 361 g/mol. The van der Waals surface area contributed by atoms with Gasteiger partial charge in [0, 0.05) is 18.5 Å². The molecule has 0 bridgehead atoms. The van der Waals surface area contributed by atoms with E-state index in [1.165, 1.54) is 0 Å². The van der Waals surface area contributed by atoms with Crippen molar-refractivity contribution in [1.29, 1.82) is 0 Å². The lowest BCUT2D eigenvalue weighted by Crippen LogP contribution is -2.33. The quantitative estimate of drug-likeness (QED) is 0.597. The van der Waals surface area contributed by atoms with Crippen molar-refractivity contribution in [2.75, 3.05) is 6.54 Å². The predicted molar refractivity (Wildman–Crippen MR) is 93.0 cm³/mol. The average Bonchev–Trinajstić information content (AvgIpc) is 3.05. The van der Waals surface area contributed by atoms with Crippen molar-refractivity contribution in [3.05, 3.63) is 36.2 Å². The Labute approximate surface area is 151 Å². The third kappa shape index (κ3) is 6.92. The van der Waals surface area contributed by atoms with E-state index in [0.717, 1.165) is 5.56 Å². The Kier molecular flexibility index (Phi) is 6.71. The van der Waals surface area contributed by atoms with Crippen LogP contribution in [0, 0.1) is 0 Å². The van der Waals surface area contributed by atoms with Gasteiger partial charge in [0.05, 0.1) is 0 Å². The van der Waals surface area contributed by atoms with E-state index in [1.807, 2.05) is 30.3 Å². The second-order valence-electron chi connectivity index (χ2n) is 6.57. The predicted octanol–water partition coefficient (Wildman–Crippen LogP) is 3.08. The van der Waals surface area contributed by atoms with Gasteiger partial charge in [0.25, 0.3) is 5.89 Å². The minimum absolute atomic E-state index is 0.0852. The summed E-state index contributed by atoms with van der Waals surface area (Å²) in [6, 6.07) is 9.36. The van der Waals surface area contributed by atoms with Crippen LogP contribution in [-0.4, -0.2) is 34.3 Å². The van der Waals surface area contributed by atoms with E-state index in [4.69, 9.17) is 14.0 Å². The fourth-order valence-electron chi connectivity index (χ4n) is 1.97. The number of ether oxygens (including phenoxy) is 2. The molecule has 0 saturated heterocycles. The van der Waals surface area contributed by atoms with Crippen LogP contribution in [0.3, 0.4) is 0 Å². The van der Waals surface area contributed by atoms with Crippen molar-refractivity contribution >= 4 is 12.1 Å². The minimum Gasteiger partial charge on any atom is -0.456 e. The highest BCUT2D eigenvalue weighted by atomic mass is 16.6. The Morgan fingerprint density at radius 2 is 1.92 bits per heavy atom. The number of amides is 1. The summed E-state index contributed by atoms with van der Waals surface area (Å²) in [6.45, 7) is 5.58. The summed E-state index contributed by atoms with van der Waals surface area (Å²) in [5.41, 5.74) is 0.271. The molecule has 0 fully saturated rings. The summed E-state index contributed by atoms with van der Waals surface area (Å²) in [7, 11) is 0. The first-order valence-corrected chi connectivity index (χ1v) is 8.34. The van der Waals surface area contributed by atoms with E-state index in [9.17, 15) is 9.59 Å². The molecule has 1 N–H and O–H groups in total. The third-order valence-corrected chi connectivity index (χ3v) is 3.08. The van der Waals surface area contributed by atoms with Crippen LogP contribution in [0.4, 0.5) is 4.79 Å². The molecule has 0 unspecified atom stereocenters. The number of nitrogens with one attached hydrogen (secondary N) is 1. The van der Waals surface area contributed by atoms with Gasteiger partial charge in [0.2, 0.25) is 5.82 Å². The van der Waals surface area contributed by atoms with Crippen molar-refractivity contribution in [1.82, 2.24) is 15.5 Å². The van der Waals surface area contributed by atoms with Gasteiger partial charge in [0.1, 0.15) is 5.60 Å². The van der Waals surface area contributed by atoms with Crippen molar-refractivity contribution in [2.45, 2.75) is 45.8 Å². The highest BCUT2D eigenvalue weighted by molar-refractivity contribution is 5.70. The lowest BCUT2D eigenvalue weighted by atomic mass is 10.2. The summed E-state index contributed by atoms with van der Waals surface area (Å²) in [5, 5.41) is 6.43. The normalized spacial score (nSPS) is 11.0. The molecule has 2 rings (SSSR count). The van der Waals surface area contributed by atoms with Gasteiger partial charge >= 0.3 is 12.1 Å². The lowest BCUT2D eigenvalue weighted by molar-refractivity contribution is -0.145. The van der Waals surface area contributed by atoms with Crippen molar-refractivity contribution < 1.29 is 23.6 Å². The van der Waals surface area contributed by atoms with Gasteiger partial charge in [0.15, 0.2) is 6.61 Å². The van der Waals surface area contributed by atoms with Crippen molar-refractivity contribution in [2.24, 2.45) is 0 Å². The second kappa shape index (κ2) is 8.98. The fraction of sp³-hybridized carbons (Fsp3) is 0.444. The number of carbonyl (C=O) groups excluding carboxylic acids is 2. The van der Waals surface area contributed by atoms with Crippen LogP contribution in [0.5, 0.6) is 0 Å². The van der Waals surface area contributed by atoms with Gasteiger partial charge in [-0.05, 0) is 27.2 Å². The molecule has 0 aliphatic heterocycles. The molecule has 1 amide bonds. The number of aromatic nitrogens is 2. The molecule has 1 heterocycles. The van der Waals surface area contributed by atoms with E-state index < -0.39 is 17.7 Å². The van der Waals surface area contributed by atoms with Crippen LogP contribution in [0.25, 0.3) is 11.4 Å². The number of hydrogen-bond donors (Lipinski definition) is 1. The van der Waals surface area contributed by atoms with Gasteiger partial charge in [-0.25, -0.2) is 4.79 Å². The zero-order chi connectivity index (χ0) is 19.0. The van der Waals surface area contributed by atoms with Gasteiger partial charge < -0.3 is 19.3 Å². The monoisotopic (exact) mass is 361 g/mol. The largest absolute Gasteiger partial charge is 0.456 e. The third-order valence-electron chi connectivity index (χ3n) is 3.08. The zero-order valence-electron chi connectivity index (χ0n) is 15.2. The summed E-state index contributed by atoms with van der Waals surface area (Å²) >= 11 is 0. The zero-order valence-corrected chi connectivity index (χ0v) is 15.2. The molecule has 2 aromatic rings. The van der Waals surface area contributed by atoms with Gasteiger partial charge in [-0.1, -0.05) is 35.5 Å². The van der Waals surface area contributed by atoms with Crippen LogP contribution in [0.15, 0.2) is 34.9 Å². The second-order valence-corrected chi connectivity index (χ2v) is 6.57. The molecule has 0 spiro atoms. The molecule has 0 radical (unpaired) electrons. The van der Waals surface area contributed by atoms with Gasteiger partial charge in [-0.3, -0.25) is 4.79 Å². The molecule has 0 saturated carbocycles. The van der Waals surface area contributed by atoms with Crippen LogP contribution < -0.4 is 5.32 Å². The molecule has 0 aliphatic carbocycles. The van der Waals surface area contributed by atoms with E-state index in [0.29, 0.717) is 18.8 Å². The standard InChI is InChI=1S/C18H23N3O5/c1-18(2,3)25-17(23)19-11-7-10-15(22)24-12-14-20-16(21-26-14)13-8-5-4-6-9-13/h4-6,8-9H,7,10-12H2,1-3H3,(H,19,23). The van der Waals surface area contributed by atoms with Gasteiger partial charge in [-0.15, -0.1) is 0 Å². The number of hydrogen-bond acceptors (Lipinski definition) is 7. The van der Waals surface area contributed by atoms with E-state index in [-0.39, 0.29) is 18.9 Å². The van der Waals surface area contributed by atoms with Crippen molar-refractivity contribution in [3.8, 4) is 11.4 Å². The highest BCUT2D eigenvalue weighted by Gasteiger charge is 2.16. The first-order chi connectivity index (χ1) is 12.3. The Bertz CT molecular complexity index is 722. The van der Waals surface area contributed by atoms with Crippen molar-refractivity contribution in [3.63, 3.8) is 0 Å². The van der Waals surface area contributed by atoms with Crippen LogP contribution in [0.2, 0.25) is 0 Å². The Morgan fingerprint density at radius 3 is 2.62 bits per heavy atom. The number of alkyl carbamates (subject to hydrolysis) is 1. The number of rotatable bonds is 7. The van der Waals surface area contributed by atoms with E-state index in [2.05, 4.69) is 15.5 Å². The van der Waals surface area contributed by atoms with Crippen LogP contribution >= 0.6 is 0 Å². The molecule has 140 valence electrons. The number of nitrogens with zero attached hydrogens (tertiary/aromatic N) is 2. The van der Waals surface area contributed by atoms with E-state index in [1.54, 1.807) is 20.8 Å². The number of esters is 1. The summed E-state index contributed by atoms with van der Waals surface area (Å²) in [4.78, 5) is 27.3. The Hall–Kier alpha value is -2.90. The smallest absolute Gasteiger partial charge is 0.407 e. The van der Waals surface area contributed by atoms with Gasteiger partial charge in [-0.2, -0.15) is 4.98 Å². The molecular formula is C18H23N3O5. The lowest BCUT2D eigenvalue weighted by Gasteiger charge is -2.19. The van der Waals surface area contributed by atoms with Crippen LogP contribution in [-0.2, 0) is 20.9 Å². The molecule has 26 heavy (non-hydrogen) atoms. The fourth-order valence-corrected chi connectivity index (χ4v) is 1.97. The van der Waals surface area contributed by atoms with E-state index >= 15 is 0 Å². The summed E-state index contributed by atoms with van der Waals surface area (Å²) < 4.78 is 15.2.